The second kappa shape index (κ2) is 24.2. The summed E-state index contributed by atoms with van der Waals surface area (Å²) in [5.41, 5.74) is -1.43. The number of rotatable bonds is 13. The number of esters is 2. The van der Waals surface area contributed by atoms with Crippen molar-refractivity contribution >= 4 is 17.9 Å². The van der Waals surface area contributed by atoms with E-state index >= 15 is 0 Å². The number of aliphatic hydroxyl groups excluding tert-OH is 11. The van der Waals surface area contributed by atoms with Gasteiger partial charge in [-0.05, 0) is 92.3 Å². The van der Waals surface area contributed by atoms with Crippen molar-refractivity contribution in [3.8, 4) is 0 Å². The molecule has 23 nitrogen and oxygen atoms in total. The Labute approximate surface area is 474 Å². The lowest BCUT2D eigenvalue weighted by molar-refractivity contribution is -0.374. The van der Waals surface area contributed by atoms with Gasteiger partial charge in [0.05, 0.1) is 43.4 Å². The number of carboxylic acid groups (broad SMARTS) is 1. The molecule has 8 unspecified atom stereocenters. The van der Waals surface area contributed by atoms with Crippen molar-refractivity contribution in [2.45, 2.75) is 232 Å². The molecule has 12 N–H and O–H groups in total. The molecule has 4 saturated carbocycles. The van der Waals surface area contributed by atoms with E-state index in [1.165, 1.54) is 6.42 Å². The fraction of sp³-hybridized carbons (Fsp3) is 0.879. The lowest BCUT2D eigenvalue weighted by Crippen LogP contribution is -2.76. The van der Waals surface area contributed by atoms with Crippen LogP contribution in [0.2, 0.25) is 0 Å². The number of fused-ring (bicyclic) bond motifs is 7. The Morgan fingerprint density at radius 2 is 1.28 bits per heavy atom. The molecular formula is C58H94O23. The molecule has 3 heterocycles. The molecular weight excluding hydrogens is 1060 g/mol. The summed E-state index contributed by atoms with van der Waals surface area (Å²) in [6, 6.07) is 0. The van der Waals surface area contributed by atoms with E-state index in [1.54, 1.807) is 33.8 Å². The SMILES string of the molecule is C/C=C(/C)C(=O)O[C@H]1[C@H](OC(=O)C(C)C)[C@@]2(CO)C(CC1(C)C)C1=CCC3[C@@]4(C)CC[C@H](C)C(C)(C)C4CC[C@@]3(C)[C@]1(C)[C@@H](O)[C@H]2O.CO[C@@H]1OC(C(=O)O)[C@@H](O)[C@@H](O[C@@H]2O[C@@H](CO)[C@@H](O)C2O)C1O[C@@H]1OC(CO)[C@H](O)[C@@H](O)C1O. The van der Waals surface area contributed by atoms with Crippen LogP contribution in [-0.2, 0) is 52.3 Å². The van der Waals surface area contributed by atoms with E-state index in [2.05, 4.69) is 47.6 Å². The number of methoxy groups -OCH3 is 1. The molecule has 0 aromatic heterocycles. The van der Waals surface area contributed by atoms with Crippen molar-refractivity contribution in [3.05, 3.63) is 23.3 Å². The fourth-order valence-electron chi connectivity index (χ4n) is 16.0. The van der Waals surface area contributed by atoms with Crippen LogP contribution >= 0.6 is 0 Å². The van der Waals surface area contributed by atoms with E-state index in [1.807, 2.05) is 13.8 Å². The number of carbonyl (C=O) groups is 3. The Morgan fingerprint density at radius 3 is 1.81 bits per heavy atom. The highest BCUT2D eigenvalue weighted by Gasteiger charge is 2.76. The van der Waals surface area contributed by atoms with Crippen molar-refractivity contribution in [1.82, 2.24) is 0 Å². The van der Waals surface area contributed by atoms with Gasteiger partial charge in [0.15, 0.2) is 31.1 Å². The van der Waals surface area contributed by atoms with Crippen LogP contribution in [0.5, 0.6) is 0 Å². The Bertz CT molecular complexity index is 2310. The van der Waals surface area contributed by atoms with Gasteiger partial charge in [-0.15, -0.1) is 0 Å². The number of hydrogen-bond donors (Lipinski definition) is 12. The molecule has 81 heavy (non-hydrogen) atoms. The topological polar surface area (TPSA) is 368 Å². The van der Waals surface area contributed by atoms with Crippen LogP contribution in [0.15, 0.2) is 23.3 Å². The molecule has 3 saturated heterocycles. The van der Waals surface area contributed by atoms with Gasteiger partial charge >= 0.3 is 17.9 Å². The summed E-state index contributed by atoms with van der Waals surface area (Å²) in [5, 5.41) is 126. The predicted octanol–water partition coefficient (Wildman–Crippen LogP) is 0.836. The number of carboxylic acids is 1. The van der Waals surface area contributed by atoms with Crippen molar-refractivity contribution in [1.29, 1.82) is 0 Å². The van der Waals surface area contributed by atoms with Crippen LogP contribution in [0.25, 0.3) is 0 Å². The van der Waals surface area contributed by atoms with Gasteiger partial charge in [-0.2, -0.15) is 0 Å². The largest absolute Gasteiger partial charge is 0.479 e. The third-order valence-electron chi connectivity index (χ3n) is 21.6. The minimum Gasteiger partial charge on any atom is -0.479 e. The average molecular weight is 1160 g/mol. The maximum Gasteiger partial charge on any atom is 0.335 e. The summed E-state index contributed by atoms with van der Waals surface area (Å²) < 4.78 is 44.4. The molecule has 0 radical (unpaired) electrons. The fourth-order valence-corrected chi connectivity index (χ4v) is 16.0. The monoisotopic (exact) mass is 1160 g/mol. The average Bonchev–Trinajstić information content (AvgIpc) is 2.41. The minimum atomic E-state index is -1.97. The first-order chi connectivity index (χ1) is 37.7. The van der Waals surface area contributed by atoms with E-state index < -0.39 is 176 Å². The number of ether oxygens (including phenoxy) is 8. The van der Waals surface area contributed by atoms with Crippen LogP contribution in [0.1, 0.15) is 122 Å². The van der Waals surface area contributed by atoms with Gasteiger partial charge in [-0.25, -0.2) is 9.59 Å². The van der Waals surface area contributed by atoms with Crippen LogP contribution in [0.3, 0.4) is 0 Å². The molecule has 464 valence electrons. The minimum absolute atomic E-state index is 0.0926. The van der Waals surface area contributed by atoms with E-state index in [-0.39, 0.29) is 16.2 Å². The third kappa shape index (κ3) is 10.8. The summed E-state index contributed by atoms with van der Waals surface area (Å²) in [6.07, 6.45) is -18.4. The number of hydrogen-bond acceptors (Lipinski definition) is 22. The molecule has 5 aliphatic carbocycles. The van der Waals surface area contributed by atoms with Crippen LogP contribution in [0.4, 0.5) is 0 Å². The number of aliphatic hydroxyl groups is 11. The van der Waals surface area contributed by atoms with Gasteiger partial charge in [0, 0.05) is 23.5 Å². The van der Waals surface area contributed by atoms with E-state index in [0.717, 1.165) is 38.4 Å². The van der Waals surface area contributed by atoms with Crippen molar-refractivity contribution in [2.24, 2.45) is 62.1 Å². The third-order valence-corrected chi connectivity index (χ3v) is 21.6. The maximum absolute atomic E-state index is 13.4. The molecule has 0 amide bonds. The normalized spacial score (nSPS) is 48.2. The number of allylic oxidation sites excluding steroid dienone is 2. The lowest BCUT2D eigenvalue weighted by Gasteiger charge is -2.73. The van der Waals surface area contributed by atoms with Crippen molar-refractivity contribution in [2.75, 3.05) is 26.9 Å². The number of aliphatic carboxylic acids is 1. The van der Waals surface area contributed by atoms with E-state index in [0.29, 0.717) is 29.7 Å². The first-order valence-corrected chi connectivity index (χ1v) is 28.7. The van der Waals surface area contributed by atoms with Gasteiger partial charge < -0.3 is 99.2 Å². The molecule has 0 aromatic rings. The second-order valence-electron chi connectivity index (χ2n) is 26.7. The molecule has 3 aliphatic heterocycles. The standard InChI is InChI=1S/C40H64O7.C18H30O16/c1-13-23(4)34(45)46-31-32(47-33(44)22(2)3)40(21-41)26(20-35(31,6)7)25-14-15-28-37(10)18-16-24(5)36(8,9)27(37)17-19-38(28,11)39(25,12)29(42)30(40)43;1-29-18-14(34-17-10(25)8(23)6(21)4(2-19)30-17)12(11(26)13(33-18)15(27)28)32-16-9(24)7(22)5(3-20)31-16/h13-14,22,24,26-32,41-43H,15-21H2,1-12H3;4-14,16-26H,2-3H2,1H3,(H,27,28)/b23-13-;/t24-,26?,27?,28?,29-,30+,31-,32-,37-,38+,39-,40-;4?,5-,6-,7+,8+,9?,10?,11-,12+,13?,14?,16-,17-,18+/m00/s1. The zero-order chi connectivity index (χ0) is 60.6. The first-order valence-electron chi connectivity index (χ1n) is 28.7. The lowest BCUT2D eigenvalue weighted by atomic mass is 9.32. The molecule has 7 fully saturated rings. The van der Waals surface area contributed by atoms with E-state index in [9.17, 15) is 75.7 Å². The summed E-state index contributed by atoms with van der Waals surface area (Å²) in [4.78, 5) is 38.2. The molecule has 0 bridgehead atoms. The van der Waals surface area contributed by atoms with Crippen LogP contribution in [0, 0.1) is 62.1 Å². The highest BCUT2D eigenvalue weighted by Crippen LogP contribution is 2.76. The van der Waals surface area contributed by atoms with Crippen LogP contribution in [-0.4, -0.2) is 217 Å². The highest BCUT2D eigenvalue weighted by molar-refractivity contribution is 5.87. The summed E-state index contributed by atoms with van der Waals surface area (Å²) in [5.74, 6) is -1.97. The smallest absolute Gasteiger partial charge is 0.335 e. The zero-order valence-electron chi connectivity index (χ0n) is 49.2. The molecule has 0 spiro atoms. The Balaban J connectivity index is 0.000000246. The summed E-state index contributed by atoms with van der Waals surface area (Å²) in [7, 11) is 1.11. The predicted molar refractivity (Wildman–Crippen MR) is 283 cm³/mol. The first kappa shape index (κ1) is 65.7. The van der Waals surface area contributed by atoms with Crippen molar-refractivity contribution in [3.63, 3.8) is 0 Å². The number of carbonyl (C=O) groups excluding carboxylic acids is 2. The van der Waals surface area contributed by atoms with Gasteiger partial charge in [0.2, 0.25) is 0 Å². The van der Waals surface area contributed by atoms with Gasteiger partial charge in [-0.1, -0.05) is 87.0 Å². The Morgan fingerprint density at radius 1 is 0.716 bits per heavy atom. The molecule has 8 rings (SSSR count). The molecule has 26 atom stereocenters. The van der Waals surface area contributed by atoms with Crippen LogP contribution < -0.4 is 0 Å². The quantitative estimate of drug-likeness (QED) is 0.0690. The molecule has 23 heteroatoms. The summed E-state index contributed by atoms with van der Waals surface area (Å²) in [6.45, 7) is 23.3. The van der Waals surface area contributed by atoms with Gasteiger partial charge in [-0.3, -0.25) is 4.79 Å². The zero-order valence-corrected chi connectivity index (χ0v) is 49.2. The molecule has 0 aromatic carbocycles. The highest BCUT2D eigenvalue weighted by atomic mass is 16.8. The maximum atomic E-state index is 13.4. The van der Waals surface area contributed by atoms with E-state index in [4.69, 9.17) is 37.9 Å². The van der Waals surface area contributed by atoms with Gasteiger partial charge in [0.25, 0.3) is 0 Å². The van der Waals surface area contributed by atoms with Gasteiger partial charge in [0.1, 0.15) is 67.1 Å². The Hall–Kier alpha value is -2.79. The summed E-state index contributed by atoms with van der Waals surface area (Å²) >= 11 is 0. The second-order valence-corrected chi connectivity index (χ2v) is 26.7. The Kier molecular flexibility index (Phi) is 19.6. The molecule has 8 aliphatic rings. The van der Waals surface area contributed by atoms with Crippen molar-refractivity contribution < 1.29 is 114 Å².